The molecule has 8 heavy (non-hydrogen) atoms. The van der Waals surface area contributed by atoms with E-state index in [1.54, 1.807) is 0 Å². The Balaban J connectivity index is 3.01. The van der Waals surface area contributed by atoms with E-state index in [9.17, 15) is 0 Å². The van der Waals surface area contributed by atoms with Crippen molar-refractivity contribution in [3.63, 3.8) is 0 Å². The van der Waals surface area contributed by atoms with Crippen LogP contribution in [0.1, 0.15) is 27.2 Å². The first-order valence-corrected chi connectivity index (χ1v) is 3.10. The lowest BCUT2D eigenvalue weighted by Crippen LogP contribution is -1.87. The Labute approximate surface area is 51.5 Å². The molecule has 0 aromatic carbocycles. The molecule has 0 amide bonds. The summed E-state index contributed by atoms with van der Waals surface area (Å²) in [5, 5.41) is 0. The van der Waals surface area contributed by atoms with Gasteiger partial charge >= 0.3 is 0 Å². The van der Waals surface area contributed by atoms with E-state index in [4.69, 9.17) is 0 Å². The molecule has 0 aromatic heterocycles. The summed E-state index contributed by atoms with van der Waals surface area (Å²) < 4.78 is 0. The topological polar surface area (TPSA) is 4.36 Å². The first-order valence-electron chi connectivity index (χ1n) is 3.10. The van der Waals surface area contributed by atoms with Crippen molar-refractivity contribution in [3.8, 4) is 6.07 Å². The Morgan fingerprint density at radius 3 is 2.50 bits per heavy atom. The highest BCUT2D eigenvalue weighted by Crippen LogP contribution is 1.97. The summed E-state index contributed by atoms with van der Waals surface area (Å²) in [5.74, 6) is 0.770. The normalized spacial score (nSPS) is 8.50. The fourth-order valence-corrected chi connectivity index (χ4v) is 0.435. The molecule has 0 radical (unpaired) electrons. The predicted octanol–water partition coefficient (Wildman–Crippen LogP) is 2.39. The van der Waals surface area contributed by atoms with E-state index >= 15 is 0 Å². The van der Waals surface area contributed by atoms with E-state index in [-0.39, 0.29) is 0 Å². The van der Waals surface area contributed by atoms with Crippen molar-refractivity contribution in [2.24, 2.45) is 5.92 Å². The first-order chi connectivity index (χ1) is 3.77. The van der Waals surface area contributed by atoms with Gasteiger partial charge < -0.3 is 0 Å². The molecular weight excluding hydrogens is 98.1 g/mol. The van der Waals surface area contributed by atoms with Gasteiger partial charge in [-0.15, -0.1) is 0 Å². The van der Waals surface area contributed by atoms with Gasteiger partial charge in [0.25, 0.3) is 12.6 Å². The maximum atomic E-state index is 3.96. The summed E-state index contributed by atoms with van der Waals surface area (Å²) in [5.41, 5.74) is 0. The van der Waals surface area contributed by atoms with E-state index in [0.29, 0.717) is 0 Å². The van der Waals surface area contributed by atoms with Crippen molar-refractivity contribution < 1.29 is 0 Å². The standard InChI is InChI=1S/C7H14N/c1-4-8-6-5-7(2)3/h7H,5-6H2,1-3H3/q+1. The van der Waals surface area contributed by atoms with E-state index < -0.39 is 0 Å². The number of hydrogen-bond donors (Lipinski definition) is 0. The zero-order chi connectivity index (χ0) is 6.41. The Morgan fingerprint density at radius 2 is 2.12 bits per heavy atom. The maximum Gasteiger partial charge on any atom is 0.269 e. The SMILES string of the molecule is CC#[N+]CCC(C)C. The second kappa shape index (κ2) is 4.64. The van der Waals surface area contributed by atoms with Crippen molar-refractivity contribution in [1.82, 2.24) is 0 Å². The smallest absolute Gasteiger partial charge is 0.0840 e. The van der Waals surface area contributed by atoms with Gasteiger partial charge in [0.05, 0.1) is 6.92 Å². The molecule has 0 aliphatic heterocycles. The molecular formula is C7H14N+. The Bertz CT molecular complexity index is 94.7. The molecule has 0 aromatic rings. The van der Waals surface area contributed by atoms with E-state index in [1.165, 1.54) is 6.42 Å². The van der Waals surface area contributed by atoms with Gasteiger partial charge in [-0.05, 0) is 5.92 Å². The third-order valence-electron chi connectivity index (χ3n) is 0.976. The molecule has 0 atom stereocenters. The molecule has 0 aliphatic rings. The Hall–Kier alpha value is -0.510. The summed E-state index contributed by atoms with van der Waals surface area (Å²) in [6.07, 6.45) is 1.18. The molecule has 46 valence electrons. The molecule has 0 bridgehead atoms. The van der Waals surface area contributed by atoms with Crippen LogP contribution >= 0.6 is 0 Å². The summed E-state index contributed by atoms with van der Waals surface area (Å²) in [4.78, 5) is 3.96. The molecule has 0 heterocycles. The van der Waals surface area contributed by atoms with Gasteiger partial charge in [-0.1, -0.05) is 18.7 Å². The zero-order valence-electron chi connectivity index (χ0n) is 5.94. The third-order valence-corrected chi connectivity index (χ3v) is 0.976. The molecule has 0 rings (SSSR count). The summed E-state index contributed by atoms with van der Waals surface area (Å²) in [6, 6.07) is 2.75. The second-order valence-electron chi connectivity index (χ2n) is 2.29. The van der Waals surface area contributed by atoms with Crippen molar-refractivity contribution in [2.75, 3.05) is 6.54 Å². The number of rotatable bonds is 2. The van der Waals surface area contributed by atoms with E-state index in [1.807, 2.05) is 6.92 Å². The largest absolute Gasteiger partial charge is 0.269 e. The van der Waals surface area contributed by atoms with Crippen LogP contribution in [0, 0.1) is 12.0 Å². The number of nitrogens with zero attached hydrogens (tertiary/aromatic N) is 1. The molecule has 0 spiro atoms. The molecule has 0 saturated carbocycles. The average Bonchev–Trinajstić information content (AvgIpc) is 1.66. The molecule has 0 unspecified atom stereocenters. The fraction of sp³-hybridized carbons (Fsp3) is 0.857. The summed E-state index contributed by atoms with van der Waals surface area (Å²) in [7, 11) is 0. The van der Waals surface area contributed by atoms with Crippen LogP contribution in [0.3, 0.4) is 0 Å². The Morgan fingerprint density at radius 1 is 1.50 bits per heavy atom. The van der Waals surface area contributed by atoms with Gasteiger partial charge in [-0.25, -0.2) is 0 Å². The summed E-state index contributed by atoms with van der Waals surface area (Å²) >= 11 is 0. The van der Waals surface area contributed by atoms with Crippen molar-refractivity contribution >= 4 is 0 Å². The van der Waals surface area contributed by atoms with Crippen LogP contribution in [-0.2, 0) is 0 Å². The molecule has 0 aliphatic carbocycles. The molecule has 0 saturated heterocycles. The van der Waals surface area contributed by atoms with Crippen molar-refractivity contribution in [1.29, 1.82) is 0 Å². The lowest BCUT2D eigenvalue weighted by Gasteiger charge is -1.90. The molecule has 1 nitrogen and oxygen atoms in total. The van der Waals surface area contributed by atoms with Crippen LogP contribution < -0.4 is 0 Å². The van der Waals surface area contributed by atoms with Crippen molar-refractivity contribution in [2.45, 2.75) is 27.2 Å². The van der Waals surface area contributed by atoms with Crippen LogP contribution in [0.5, 0.6) is 0 Å². The van der Waals surface area contributed by atoms with Crippen LogP contribution in [0.4, 0.5) is 0 Å². The van der Waals surface area contributed by atoms with Gasteiger partial charge in [0.2, 0.25) is 0 Å². The monoisotopic (exact) mass is 112 g/mol. The van der Waals surface area contributed by atoms with Crippen molar-refractivity contribution in [3.05, 3.63) is 4.85 Å². The number of hydrogen-bond acceptors (Lipinski definition) is 0. The lowest BCUT2D eigenvalue weighted by molar-refractivity contribution is 0.616. The molecule has 0 fully saturated rings. The minimum atomic E-state index is 0.770. The van der Waals surface area contributed by atoms with Crippen LogP contribution in [0.15, 0.2) is 0 Å². The lowest BCUT2D eigenvalue weighted by atomic mass is 10.1. The zero-order valence-corrected chi connectivity index (χ0v) is 5.94. The fourth-order valence-electron chi connectivity index (χ4n) is 0.435. The van der Waals surface area contributed by atoms with E-state index in [2.05, 4.69) is 24.8 Å². The maximum absolute atomic E-state index is 3.96. The van der Waals surface area contributed by atoms with Gasteiger partial charge in [-0.3, -0.25) is 0 Å². The van der Waals surface area contributed by atoms with Gasteiger partial charge in [0.15, 0.2) is 0 Å². The first kappa shape index (κ1) is 7.49. The van der Waals surface area contributed by atoms with Gasteiger partial charge in [0.1, 0.15) is 0 Å². The van der Waals surface area contributed by atoms with Crippen LogP contribution in [0.2, 0.25) is 0 Å². The van der Waals surface area contributed by atoms with E-state index in [0.717, 1.165) is 12.5 Å². The highest BCUT2D eigenvalue weighted by molar-refractivity contribution is 4.79. The second-order valence-corrected chi connectivity index (χ2v) is 2.29. The highest BCUT2D eigenvalue weighted by Gasteiger charge is 1.95. The van der Waals surface area contributed by atoms with Crippen LogP contribution in [-0.4, -0.2) is 6.54 Å². The van der Waals surface area contributed by atoms with Gasteiger partial charge in [-0.2, -0.15) is 0 Å². The minimum absolute atomic E-state index is 0.770. The molecule has 1 heteroatoms. The van der Waals surface area contributed by atoms with Gasteiger partial charge in [0, 0.05) is 6.42 Å². The quantitative estimate of drug-likeness (QED) is 0.516. The minimum Gasteiger partial charge on any atom is -0.0840 e. The summed E-state index contributed by atoms with van der Waals surface area (Å²) in [6.45, 7) is 7.17. The third kappa shape index (κ3) is 5.49. The average molecular weight is 112 g/mol. The highest BCUT2D eigenvalue weighted by atomic mass is 14.6. The van der Waals surface area contributed by atoms with Crippen LogP contribution in [0.25, 0.3) is 4.85 Å². The predicted molar refractivity (Wildman–Crippen MR) is 37.2 cm³/mol. The molecule has 0 N–H and O–H groups in total. The Kier molecular flexibility index (Phi) is 4.35.